The Morgan fingerprint density at radius 1 is 1.11 bits per heavy atom. The average molecular weight is 480 g/mol. The number of aromatic nitrogens is 2. The quantitative estimate of drug-likeness (QED) is 0.553. The van der Waals surface area contributed by atoms with Gasteiger partial charge >= 0.3 is 0 Å². The van der Waals surface area contributed by atoms with Crippen LogP contribution < -0.4 is 20.1 Å². The summed E-state index contributed by atoms with van der Waals surface area (Å²) in [5.41, 5.74) is 2.02. The number of nitrogens with zero attached hydrogens (tertiary/aromatic N) is 3. The Hall–Kier alpha value is -3.46. The van der Waals surface area contributed by atoms with Gasteiger partial charge in [-0.15, -0.1) is 0 Å². The van der Waals surface area contributed by atoms with Crippen molar-refractivity contribution < 1.29 is 18.7 Å². The third-order valence-corrected chi connectivity index (χ3v) is 6.86. The molecule has 1 saturated carbocycles. The summed E-state index contributed by atoms with van der Waals surface area (Å²) in [6.07, 6.45) is 5.37. The predicted molar refractivity (Wildman–Crippen MR) is 132 cm³/mol. The van der Waals surface area contributed by atoms with Gasteiger partial charge in [-0.05, 0) is 62.4 Å². The van der Waals surface area contributed by atoms with Crippen molar-refractivity contribution in [3.05, 3.63) is 48.0 Å². The highest BCUT2D eigenvalue weighted by molar-refractivity contribution is 5.93. The molecule has 1 aliphatic heterocycles. The van der Waals surface area contributed by atoms with Gasteiger partial charge in [-0.25, -0.2) is 14.4 Å². The van der Waals surface area contributed by atoms with Gasteiger partial charge in [0.05, 0.1) is 25.3 Å². The second-order valence-electron chi connectivity index (χ2n) is 9.20. The van der Waals surface area contributed by atoms with Crippen LogP contribution in [-0.2, 0) is 4.79 Å². The predicted octanol–water partition coefficient (Wildman–Crippen LogP) is 3.95. The Morgan fingerprint density at radius 2 is 1.94 bits per heavy atom. The fraction of sp³-hybridized carbons (Fsp3) is 0.423. The molecule has 0 atom stereocenters. The van der Waals surface area contributed by atoms with Gasteiger partial charge in [-0.2, -0.15) is 0 Å². The molecule has 3 aromatic rings. The van der Waals surface area contributed by atoms with Crippen LogP contribution in [0.3, 0.4) is 0 Å². The Bertz CT molecular complexity index is 1230. The number of benzene rings is 2. The summed E-state index contributed by atoms with van der Waals surface area (Å²) in [7, 11) is 1.62. The Morgan fingerprint density at radius 3 is 2.69 bits per heavy atom. The molecule has 2 aliphatic rings. The van der Waals surface area contributed by atoms with Gasteiger partial charge < -0.3 is 20.1 Å². The third kappa shape index (κ3) is 5.14. The first kappa shape index (κ1) is 23.3. The maximum atomic E-state index is 13.7. The minimum atomic E-state index is -0.248. The minimum Gasteiger partial charge on any atom is -0.493 e. The van der Waals surface area contributed by atoms with Crippen molar-refractivity contribution in [3.8, 4) is 11.5 Å². The molecule has 8 nitrogen and oxygen atoms in total. The van der Waals surface area contributed by atoms with E-state index in [-0.39, 0.29) is 17.8 Å². The number of carbonyl (C=O) groups is 1. The molecule has 5 rings (SSSR count). The van der Waals surface area contributed by atoms with Crippen molar-refractivity contribution in [2.75, 3.05) is 32.1 Å². The molecule has 0 bridgehead atoms. The zero-order valence-corrected chi connectivity index (χ0v) is 20.0. The lowest BCUT2D eigenvalue weighted by Crippen LogP contribution is -2.52. The molecule has 0 unspecified atom stereocenters. The van der Waals surface area contributed by atoms with E-state index in [0.29, 0.717) is 35.5 Å². The number of piperazine rings is 1. The molecule has 2 fully saturated rings. The smallest absolute Gasteiger partial charge is 0.234 e. The first-order chi connectivity index (χ1) is 17.0. The van der Waals surface area contributed by atoms with E-state index in [9.17, 15) is 9.18 Å². The zero-order chi connectivity index (χ0) is 24.4. The van der Waals surface area contributed by atoms with Gasteiger partial charge in [-0.1, -0.05) is 0 Å². The van der Waals surface area contributed by atoms with Crippen LogP contribution in [0.1, 0.15) is 31.2 Å². The SMILES string of the molecule is COc1cc2ncnc(Nc3ccc(F)c(C)c3)c2cc1O[C@H]1CC[C@H](N2CCNC(=O)C2)CC1. The number of methoxy groups -OCH3 is 1. The Kier molecular flexibility index (Phi) is 6.68. The fourth-order valence-corrected chi connectivity index (χ4v) is 4.95. The van der Waals surface area contributed by atoms with E-state index >= 15 is 0 Å². The van der Waals surface area contributed by atoms with Crippen LogP contribution >= 0.6 is 0 Å². The van der Waals surface area contributed by atoms with Gasteiger partial charge in [0.25, 0.3) is 0 Å². The lowest BCUT2D eigenvalue weighted by atomic mass is 9.91. The molecular weight excluding hydrogens is 449 g/mol. The van der Waals surface area contributed by atoms with Crippen LogP contribution in [0.15, 0.2) is 36.7 Å². The third-order valence-electron chi connectivity index (χ3n) is 6.86. The van der Waals surface area contributed by atoms with Crippen molar-refractivity contribution in [2.45, 2.75) is 44.8 Å². The second-order valence-corrected chi connectivity index (χ2v) is 9.20. The minimum absolute atomic E-state index is 0.0667. The van der Waals surface area contributed by atoms with Gasteiger partial charge in [-0.3, -0.25) is 9.69 Å². The summed E-state index contributed by atoms with van der Waals surface area (Å²) >= 11 is 0. The maximum absolute atomic E-state index is 13.7. The monoisotopic (exact) mass is 479 g/mol. The normalized spacial score (nSPS) is 20.9. The molecule has 35 heavy (non-hydrogen) atoms. The van der Waals surface area contributed by atoms with Crippen molar-refractivity contribution in [1.29, 1.82) is 0 Å². The number of fused-ring (bicyclic) bond motifs is 1. The first-order valence-electron chi connectivity index (χ1n) is 12.0. The van der Waals surface area contributed by atoms with Crippen LogP contribution in [0.4, 0.5) is 15.9 Å². The number of hydrogen-bond acceptors (Lipinski definition) is 7. The van der Waals surface area contributed by atoms with Crippen LogP contribution in [0, 0.1) is 12.7 Å². The molecule has 2 aromatic carbocycles. The molecule has 1 amide bonds. The van der Waals surface area contributed by atoms with E-state index < -0.39 is 0 Å². The Balaban J connectivity index is 1.33. The number of carbonyl (C=O) groups excluding carboxylic acids is 1. The molecule has 1 saturated heterocycles. The van der Waals surface area contributed by atoms with Gasteiger partial charge in [0.2, 0.25) is 5.91 Å². The van der Waals surface area contributed by atoms with Gasteiger partial charge in [0.15, 0.2) is 11.5 Å². The highest BCUT2D eigenvalue weighted by atomic mass is 19.1. The molecule has 2 N–H and O–H groups in total. The van der Waals surface area contributed by atoms with E-state index in [1.807, 2.05) is 12.1 Å². The van der Waals surface area contributed by atoms with E-state index in [4.69, 9.17) is 9.47 Å². The molecular formula is C26H30FN5O3. The number of halogens is 1. The maximum Gasteiger partial charge on any atom is 0.234 e. The highest BCUT2D eigenvalue weighted by Crippen LogP contribution is 2.37. The standard InChI is InChI=1S/C26H30FN5O3/c1-16-11-17(3-8-21(16)27)31-26-20-12-24(23(34-2)13-22(20)29-15-30-26)35-19-6-4-18(5-7-19)32-10-9-28-25(33)14-32/h3,8,11-13,15,18-19H,4-7,9-10,14H2,1-2H3,(H,28,33)(H,29,30,31)/t18-,19-. The summed E-state index contributed by atoms with van der Waals surface area (Å²) in [4.78, 5) is 22.8. The van der Waals surface area contributed by atoms with Gasteiger partial charge in [0, 0.05) is 36.3 Å². The van der Waals surface area contributed by atoms with Crippen LogP contribution in [-0.4, -0.2) is 59.7 Å². The number of rotatable bonds is 6. The van der Waals surface area contributed by atoms with Crippen molar-refractivity contribution in [2.24, 2.45) is 0 Å². The molecule has 0 spiro atoms. The topological polar surface area (TPSA) is 88.6 Å². The summed E-state index contributed by atoms with van der Waals surface area (Å²) in [6.45, 7) is 3.84. The highest BCUT2D eigenvalue weighted by Gasteiger charge is 2.30. The lowest BCUT2D eigenvalue weighted by Gasteiger charge is -2.38. The molecule has 9 heteroatoms. The number of amides is 1. The summed E-state index contributed by atoms with van der Waals surface area (Å²) < 4.78 is 25.7. The second kappa shape index (κ2) is 10.0. The summed E-state index contributed by atoms with van der Waals surface area (Å²) in [5.74, 6) is 1.74. The molecule has 2 heterocycles. The first-order valence-corrected chi connectivity index (χ1v) is 12.0. The largest absolute Gasteiger partial charge is 0.493 e. The average Bonchev–Trinajstić information content (AvgIpc) is 2.87. The number of aryl methyl sites for hydroxylation is 1. The van der Waals surface area contributed by atoms with Crippen LogP contribution in [0.2, 0.25) is 0 Å². The van der Waals surface area contributed by atoms with Gasteiger partial charge in [0.1, 0.15) is 18.0 Å². The van der Waals surface area contributed by atoms with E-state index in [1.165, 1.54) is 12.4 Å². The van der Waals surface area contributed by atoms with Crippen LogP contribution in [0.5, 0.6) is 11.5 Å². The summed E-state index contributed by atoms with van der Waals surface area (Å²) in [6, 6.07) is 9.05. The van der Waals surface area contributed by atoms with E-state index in [0.717, 1.165) is 55.4 Å². The Labute approximate surface area is 203 Å². The molecule has 184 valence electrons. The van der Waals surface area contributed by atoms with E-state index in [1.54, 1.807) is 26.2 Å². The van der Waals surface area contributed by atoms with E-state index in [2.05, 4.69) is 25.5 Å². The summed E-state index contributed by atoms with van der Waals surface area (Å²) in [5, 5.41) is 6.96. The van der Waals surface area contributed by atoms with Crippen molar-refractivity contribution in [1.82, 2.24) is 20.2 Å². The molecule has 1 aliphatic carbocycles. The fourth-order valence-electron chi connectivity index (χ4n) is 4.95. The number of nitrogens with one attached hydrogen (secondary N) is 2. The zero-order valence-electron chi connectivity index (χ0n) is 20.0. The number of anilines is 2. The molecule has 1 aromatic heterocycles. The number of hydrogen-bond donors (Lipinski definition) is 2. The number of ether oxygens (including phenoxy) is 2. The van der Waals surface area contributed by atoms with Crippen LogP contribution in [0.25, 0.3) is 10.9 Å². The van der Waals surface area contributed by atoms with Crippen molar-refractivity contribution in [3.63, 3.8) is 0 Å². The van der Waals surface area contributed by atoms with Crippen molar-refractivity contribution >= 4 is 28.3 Å². The molecule has 0 radical (unpaired) electrons. The lowest BCUT2D eigenvalue weighted by molar-refractivity contribution is -0.125.